The van der Waals surface area contributed by atoms with E-state index in [1.54, 1.807) is 0 Å². The molecule has 0 spiro atoms. The van der Waals surface area contributed by atoms with E-state index >= 15 is 0 Å². The molecule has 6 N–H and O–H groups in total. The number of rotatable bonds is 2. The summed E-state index contributed by atoms with van der Waals surface area (Å²) in [6, 6.07) is 0. The molecular formula is C18H31ClN4O4. The number of halogens is 1. The quantitative estimate of drug-likeness (QED) is 0.371. The van der Waals surface area contributed by atoms with Gasteiger partial charge in [-0.25, -0.2) is 0 Å². The van der Waals surface area contributed by atoms with Crippen molar-refractivity contribution in [2.75, 3.05) is 19.8 Å². The van der Waals surface area contributed by atoms with Crippen LogP contribution < -0.4 is 16.4 Å². The first-order valence-corrected chi connectivity index (χ1v) is 10.7. The molecule has 1 saturated carbocycles. The topological polar surface area (TPSA) is 112 Å². The van der Waals surface area contributed by atoms with Gasteiger partial charge in [0.1, 0.15) is 24.5 Å². The van der Waals surface area contributed by atoms with E-state index in [1.165, 1.54) is 0 Å². The van der Waals surface area contributed by atoms with Gasteiger partial charge in [-0.1, -0.05) is 0 Å². The molecule has 9 heteroatoms. The highest BCUT2D eigenvalue weighted by Gasteiger charge is 2.56. The molecule has 4 saturated heterocycles. The average Bonchev–Trinajstić information content (AvgIpc) is 3.33. The fourth-order valence-electron chi connectivity index (χ4n) is 5.99. The zero-order valence-corrected chi connectivity index (χ0v) is 16.2. The maximum Gasteiger partial charge on any atom is 0.141 e. The van der Waals surface area contributed by atoms with Crippen LogP contribution in [0.2, 0.25) is 0 Å². The number of aliphatic hydroxyl groups excluding tert-OH is 2. The summed E-state index contributed by atoms with van der Waals surface area (Å²) in [5.74, 6) is 1.04. The van der Waals surface area contributed by atoms with Crippen molar-refractivity contribution < 1.29 is 19.7 Å². The van der Waals surface area contributed by atoms with E-state index in [4.69, 9.17) is 26.8 Å². The van der Waals surface area contributed by atoms with Gasteiger partial charge in [-0.05, 0) is 37.5 Å². The smallest absolute Gasteiger partial charge is 0.141 e. The van der Waals surface area contributed by atoms with E-state index in [0.717, 1.165) is 32.2 Å². The first-order chi connectivity index (χ1) is 13.0. The molecule has 11 atom stereocenters. The molecule has 0 bridgehead atoms. The fourth-order valence-corrected chi connectivity index (χ4v) is 6.34. The largest absolute Gasteiger partial charge is 0.387 e. The molecule has 6 unspecified atom stereocenters. The minimum absolute atomic E-state index is 0.0517. The summed E-state index contributed by atoms with van der Waals surface area (Å²) in [6.07, 6.45) is 0.747. The molecule has 5 rings (SSSR count). The number of likely N-dealkylation sites (tertiary alicyclic amines) is 1. The monoisotopic (exact) mass is 402 g/mol. The SMILES string of the molecule is NC1NCNC2C1CCN2[C@@H]1O[C@H]([C@@H]2OCC3CC(Cl)CCC32)[C@@H](O)[C@H]1O. The second kappa shape index (κ2) is 7.34. The van der Waals surface area contributed by atoms with Crippen LogP contribution in [0.4, 0.5) is 0 Å². The van der Waals surface area contributed by atoms with Gasteiger partial charge < -0.3 is 25.4 Å². The van der Waals surface area contributed by atoms with E-state index in [1.807, 2.05) is 0 Å². The minimum Gasteiger partial charge on any atom is -0.387 e. The first-order valence-electron chi connectivity index (χ1n) is 10.3. The fraction of sp³-hybridized carbons (Fsp3) is 1.00. The second-order valence-corrected chi connectivity index (χ2v) is 9.47. The highest BCUT2D eigenvalue weighted by atomic mass is 35.5. The Morgan fingerprint density at radius 2 is 1.89 bits per heavy atom. The molecule has 5 aliphatic rings. The lowest BCUT2D eigenvalue weighted by molar-refractivity contribution is -0.135. The Bertz CT molecular complexity index is 559. The van der Waals surface area contributed by atoms with Crippen LogP contribution in [0.1, 0.15) is 25.7 Å². The third-order valence-electron chi connectivity index (χ3n) is 7.42. The maximum atomic E-state index is 10.8. The molecule has 1 aliphatic carbocycles. The van der Waals surface area contributed by atoms with Crippen LogP contribution in [0.15, 0.2) is 0 Å². The standard InChI is InChI=1S/C18H31ClN4O4/c19-9-1-2-10-8(5-9)6-26-14(10)15-12(24)13(25)18(27-15)23-4-3-11-16(20)21-7-22-17(11)23/h8-18,21-22,24-25H,1-7,20H2/t8?,9?,10?,11?,12-,13+,14+,15-,16?,17?,18+/m0/s1. The van der Waals surface area contributed by atoms with Gasteiger partial charge in [0.2, 0.25) is 0 Å². The van der Waals surface area contributed by atoms with Crippen LogP contribution in [0.3, 0.4) is 0 Å². The van der Waals surface area contributed by atoms with Gasteiger partial charge >= 0.3 is 0 Å². The molecule has 0 amide bonds. The normalized spacial score (nSPS) is 56.2. The lowest BCUT2D eigenvalue weighted by atomic mass is 9.76. The Hall–Kier alpha value is -0.0300. The predicted molar refractivity (Wildman–Crippen MR) is 98.6 cm³/mol. The number of nitrogens with two attached hydrogens (primary N) is 1. The molecule has 8 nitrogen and oxygen atoms in total. The van der Waals surface area contributed by atoms with Gasteiger partial charge in [0.25, 0.3) is 0 Å². The van der Waals surface area contributed by atoms with Gasteiger partial charge in [-0.2, -0.15) is 0 Å². The molecule has 154 valence electrons. The number of hydrogen-bond donors (Lipinski definition) is 5. The van der Waals surface area contributed by atoms with Crippen LogP contribution in [0.5, 0.6) is 0 Å². The minimum atomic E-state index is -0.950. The Morgan fingerprint density at radius 3 is 2.74 bits per heavy atom. The third kappa shape index (κ3) is 3.14. The van der Waals surface area contributed by atoms with Crippen molar-refractivity contribution in [2.24, 2.45) is 23.5 Å². The van der Waals surface area contributed by atoms with Crippen molar-refractivity contribution >= 4 is 11.6 Å². The molecule has 5 fully saturated rings. The molecular weight excluding hydrogens is 372 g/mol. The van der Waals surface area contributed by atoms with Gasteiger partial charge in [0, 0.05) is 24.5 Å². The van der Waals surface area contributed by atoms with Crippen molar-refractivity contribution in [2.45, 2.75) is 74.0 Å². The Morgan fingerprint density at radius 1 is 1.04 bits per heavy atom. The highest BCUT2D eigenvalue weighted by molar-refractivity contribution is 6.20. The molecule has 4 heterocycles. The molecule has 0 aromatic heterocycles. The summed E-state index contributed by atoms with van der Waals surface area (Å²) in [4.78, 5) is 2.13. The second-order valence-electron chi connectivity index (χ2n) is 8.85. The average molecular weight is 403 g/mol. The van der Waals surface area contributed by atoms with Crippen LogP contribution in [-0.2, 0) is 9.47 Å². The summed E-state index contributed by atoms with van der Waals surface area (Å²) < 4.78 is 12.3. The van der Waals surface area contributed by atoms with Crippen molar-refractivity contribution in [3.05, 3.63) is 0 Å². The van der Waals surface area contributed by atoms with E-state index in [2.05, 4.69) is 15.5 Å². The number of nitrogens with one attached hydrogen (secondary N) is 2. The van der Waals surface area contributed by atoms with Gasteiger partial charge in [0.05, 0.1) is 25.0 Å². The zero-order valence-electron chi connectivity index (χ0n) is 15.4. The molecule has 0 radical (unpaired) electrons. The Kier molecular flexibility index (Phi) is 5.16. The summed E-state index contributed by atoms with van der Waals surface area (Å²) in [5.41, 5.74) is 6.19. The predicted octanol–water partition coefficient (Wildman–Crippen LogP) is -1.06. The lowest BCUT2D eigenvalue weighted by Crippen LogP contribution is -2.64. The van der Waals surface area contributed by atoms with Gasteiger partial charge in [-0.3, -0.25) is 15.5 Å². The van der Waals surface area contributed by atoms with Crippen molar-refractivity contribution in [1.29, 1.82) is 0 Å². The van der Waals surface area contributed by atoms with Crippen LogP contribution in [-0.4, -0.2) is 83.3 Å². The van der Waals surface area contributed by atoms with Crippen LogP contribution in [0, 0.1) is 17.8 Å². The maximum absolute atomic E-state index is 10.8. The number of aliphatic hydroxyl groups is 2. The third-order valence-corrected chi connectivity index (χ3v) is 7.82. The van der Waals surface area contributed by atoms with Gasteiger partial charge in [-0.15, -0.1) is 11.6 Å². The summed E-state index contributed by atoms with van der Waals surface area (Å²) in [6.45, 7) is 2.08. The van der Waals surface area contributed by atoms with E-state index < -0.39 is 24.5 Å². The molecule has 0 aromatic carbocycles. The Balaban J connectivity index is 1.30. The summed E-state index contributed by atoms with van der Waals surface area (Å²) in [5, 5.41) is 28.4. The molecule has 27 heavy (non-hydrogen) atoms. The van der Waals surface area contributed by atoms with Crippen LogP contribution in [0.25, 0.3) is 0 Å². The van der Waals surface area contributed by atoms with E-state index in [0.29, 0.717) is 25.1 Å². The summed E-state index contributed by atoms with van der Waals surface area (Å²) in [7, 11) is 0. The number of nitrogens with zero attached hydrogens (tertiary/aromatic N) is 1. The van der Waals surface area contributed by atoms with Crippen molar-refractivity contribution in [1.82, 2.24) is 15.5 Å². The lowest BCUT2D eigenvalue weighted by Gasteiger charge is -2.39. The first kappa shape index (κ1) is 19.0. The highest BCUT2D eigenvalue weighted by Crippen LogP contribution is 2.45. The molecule has 0 aromatic rings. The number of fused-ring (bicyclic) bond motifs is 2. The summed E-state index contributed by atoms with van der Waals surface area (Å²) >= 11 is 6.32. The van der Waals surface area contributed by atoms with Gasteiger partial charge in [0.15, 0.2) is 0 Å². The number of hydrogen-bond acceptors (Lipinski definition) is 8. The van der Waals surface area contributed by atoms with E-state index in [9.17, 15) is 10.2 Å². The van der Waals surface area contributed by atoms with Crippen molar-refractivity contribution in [3.8, 4) is 0 Å². The number of ether oxygens (including phenoxy) is 2. The van der Waals surface area contributed by atoms with Crippen molar-refractivity contribution in [3.63, 3.8) is 0 Å². The molecule has 4 aliphatic heterocycles. The number of alkyl halides is 1. The van der Waals surface area contributed by atoms with Crippen LogP contribution >= 0.6 is 11.6 Å². The van der Waals surface area contributed by atoms with E-state index in [-0.39, 0.29) is 29.7 Å². The Labute approximate surface area is 164 Å². The zero-order chi connectivity index (χ0) is 18.7.